The zero-order chi connectivity index (χ0) is 17.6. The summed E-state index contributed by atoms with van der Waals surface area (Å²) in [7, 11) is 0. The van der Waals surface area contributed by atoms with E-state index in [4.69, 9.17) is 9.47 Å². The first-order chi connectivity index (χ1) is 12.2. The second-order valence-corrected chi connectivity index (χ2v) is 5.64. The molecular weight excluding hydrogens is 320 g/mol. The van der Waals surface area contributed by atoms with Gasteiger partial charge in [-0.1, -0.05) is 18.2 Å². The van der Waals surface area contributed by atoms with E-state index in [1.54, 1.807) is 31.2 Å². The monoisotopic (exact) mass is 340 g/mol. The Labute approximate surface area is 146 Å². The third kappa shape index (κ3) is 4.09. The molecule has 6 heteroatoms. The molecule has 2 aromatic carbocycles. The summed E-state index contributed by atoms with van der Waals surface area (Å²) in [6, 6.07) is 14.5. The van der Waals surface area contributed by atoms with Crippen LogP contribution in [0.3, 0.4) is 0 Å². The van der Waals surface area contributed by atoms with Crippen LogP contribution in [0.25, 0.3) is 0 Å². The quantitative estimate of drug-likeness (QED) is 0.888. The molecule has 1 heterocycles. The van der Waals surface area contributed by atoms with Crippen molar-refractivity contribution in [2.24, 2.45) is 0 Å². The zero-order valence-electron chi connectivity index (χ0n) is 14.0. The Morgan fingerprint density at radius 1 is 1.08 bits per heavy atom. The fourth-order valence-electron chi connectivity index (χ4n) is 2.77. The van der Waals surface area contributed by atoms with E-state index in [2.05, 4.69) is 10.6 Å². The van der Waals surface area contributed by atoms with Gasteiger partial charge in [-0.25, -0.2) is 4.79 Å². The van der Waals surface area contributed by atoms with Crippen molar-refractivity contribution in [3.05, 3.63) is 54.1 Å². The fraction of sp³-hybridized carbons (Fsp3) is 0.263. The van der Waals surface area contributed by atoms with Gasteiger partial charge in [0.05, 0.1) is 19.1 Å². The molecule has 1 aliphatic heterocycles. The highest BCUT2D eigenvalue weighted by Gasteiger charge is 2.27. The van der Waals surface area contributed by atoms with Gasteiger partial charge in [0.2, 0.25) is 5.91 Å². The molecule has 2 amide bonds. The molecule has 6 nitrogen and oxygen atoms in total. The van der Waals surface area contributed by atoms with E-state index in [9.17, 15) is 9.59 Å². The molecule has 0 aromatic heterocycles. The van der Waals surface area contributed by atoms with E-state index in [0.717, 1.165) is 11.3 Å². The van der Waals surface area contributed by atoms with Crippen molar-refractivity contribution in [3.8, 4) is 5.75 Å². The Bertz CT molecular complexity index is 758. The molecule has 1 atom stereocenters. The Morgan fingerprint density at radius 3 is 2.48 bits per heavy atom. The van der Waals surface area contributed by atoms with Crippen molar-refractivity contribution in [3.63, 3.8) is 0 Å². The molecule has 0 radical (unpaired) electrons. The molecule has 0 spiro atoms. The minimum absolute atomic E-state index is 0.0677. The van der Waals surface area contributed by atoms with Crippen molar-refractivity contribution in [2.45, 2.75) is 19.3 Å². The van der Waals surface area contributed by atoms with Gasteiger partial charge in [-0.05, 0) is 43.7 Å². The Balaban J connectivity index is 1.65. The van der Waals surface area contributed by atoms with E-state index in [0.29, 0.717) is 31.0 Å². The summed E-state index contributed by atoms with van der Waals surface area (Å²) in [5.41, 5.74) is 2.18. The van der Waals surface area contributed by atoms with Crippen LogP contribution < -0.4 is 15.4 Å². The molecule has 25 heavy (non-hydrogen) atoms. The summed E-state index contributed by atoms with van der Waals surface area (Å²) in [6.07, 6.45) is 0.142. The van der Waals surface area contributed by atoms with Gasteiger partial charge in [0.15, 0.2) is 0 Å². The summed E-state index contributed by atoms with van der Waals surface area (Å²) >= 11 is 0. The first-order valence-electron chi connectivity index (χ1n) is 8.24. The van der Waals surface area contributed by atoms with Crippen LogP contribution in [0.2, 0.25) is 0 Å². The van der Waals surface area contributed by atoms with Crippen molar-refractivity contribution < 1.29 is 19.1 Å². The molecule has 0 aliphatic carbocycles. The average molecular weight is 340 g/mol. The number of para-hydroxylation sites is 1. The van der Waals surface area contributed by atoms with Crippen LogP contribution in [-0.2, 0) is 9.53 Å². The lowest BCUT2D eigenvalue weighted by Gasteiger charge is -2.25. The summed E-state index contributed by atoms with van der Waals surface area (Å²) in [6.45, 7) is 2.58. The molecule has 0 saturated carbocycles. The standard InChI is InChI=1S/C19H20N2O4/c1-2-24-19(23)21-14-9-7-13(8-10-14)20-18(22)16-11-12-25-17-6-4-3-5-15(16)17/h3-10,16H,2,11-12H2,1H3,(H,20,22)(H,21,23)/t16-/m1/s1. The molecule has 0 bridgehead atoms. The molecule has 2 aromatic rings. The van der Waals surface area contributed by atoms with Gasteiger partial charge in [-0.3, -0.25) is 10.1 Å². The molecular formula is C19H20N2O4. The highest BCUT2D eigenvalue weighted by atomic mass is 16.5. The SMILES string of the molecule is CCOC(=O)Nc1ccc(NC(=O)[C@@H]2CCOc3ccccc32)cc1. The van der Waals surface area contributed by atoms with Crippen LogP contribution in [-0.4, -0.2) is 25.2 Å². The maximum Gasteiger partial charge on any atom is 0.411 e. The Kier molecular flexibility index (Phi) is 5.18. The molecule has 3 rings (SSSR count). The zero-order valence-corrected chi connectivity index (χ0v) is 14.0. The van der Waals surface area contributed by atoms with Crippen molar-refractivity contribution in [2.75, 3.05) is 23.8 Å². The minimum atomic E-state index is -0.502. The van der Waals surface area contributed by atoms with E-state index in [-0.39, 0.29) is 11.8 Å². The van der Waals surface area contributed by atoms with Crippen LogP contribution in [0.15, 0.2) is 48.5 Å². The number of carbonyl (C=O) groups excluding carboxylic acids is 2. The predicted octanol–water partition coefficient (Wildman–Crippen LogP) is 3.76. The van der Waals surface area contributed by atoms with Gasteiger partial charge in [0.1, 0.15) is 5.75 Å². The predicted molar refractivity (Wildman–Crippen MR) is 95.0 cm³/mol. The van der Waals surface area contributed by atoms with Gasteiger partial charge in [0.25, 0.3) is 0 Å². The highest BCUT2D eigenvalue weighted by molar-refractivity contribution is 5.96. The molecule has 2 N–H and O–H groups in total. The first-order valence-corrected chi connectivity index (χ1v) is 8.24. The number of ether oxygens (including phenoxy) is 2. The fourth-order valence-corrected chi connectivity index (χ4v) is 2.77. The first kappa shape index (κ1) is 16.8. The smallest absolute Gasteiger partial charge is 0.411 e. The van der Waals surface area contributed by atoms with Crippen LogP contribution in [0.1, 0.15) is 24.8 Å². The Morgan fingerprint density at radius 2 is 1.76 bits per heavy atom. The van der Waals surface area contributed by atoms with Gasteiger partial charge >= 0.3 is 6.09 Å². The lowest BCUT2D eigenvalue weighted by molar-refractivity contribution is -0.118. The second-order valence-electron chi connectivity index (χ2n) is 5.64. The van der Waals surface area contributed by atoms with E-state index in [1.807, 2.05) is 24.3 Å². The normalized spacial score (nSPS) is 15.5. The number of fused-ring (bicyclic) bond motifs is 1. The average Bonchev–Trinajstić information content (AvgIpc) is 2.63. The third-order valence-electron chi connectivity index (χ3n) is 3.95. The summed E-state index contributed by atoms with van der Waals surface area (Å²) < 4.78 is 10.4. The number of nitrogens with one attached hydrogen (secondary N) is 2. The van der Waals surface area contributed by atoms with E-state index >= 15 is 0 Å². The maximum atomic E-state index is 12.6. The number of anilines is 2. The largest absolute Gasteiger partial charge is 0.493 e. The van der Waals surface area contributed by atoms with Crippen LogP contribution in [0, 0.1) is 0 Å². The van der Waals surface area contributed by atoms with E-state index in [1.165, 1.54) is 0 Å². The molecule has 0 saturated heterocycles. The molecule has 130 valence electrons. The minimum Gasteiger partial charge on any atom is -0.493 e. The summed E-state index contributed by atoms with van der Waals surface area (Å²) in [5.74, 6) is 0.465. The second kappa shape index (κ2) is 7.70. The number of hydrogen-bond donors (Lipinski definition) is 2. The number of benzene rings is 2. The van der Waals surface area contributed by atoms with Gasteiger partial charge in [-0.15, -0.1) is 0 Å². The topological polar surface area (TPSA) is 76.7 Å². The van der Waals surface area contributed by atoms with Crippen molar-refractivity contribution in [1.29, 1.82) is 0 Å². The maximum absolute atomic E-state index is 12.6. The number of hydrogen-bond acceptors (Lipinski definition) is 4. The number of rotatable bonds is 4. The Hall–Kier alpha value is -3.02. The number of carbonyl (C=O) groups is 2. The summed E-state index contributed by atoms with van der Waals surface area (Å²) in [5, 5.41) is 5.53. The van der Waals surface area contributed by atoms with Gasteiger partial charge in [0, 0.05) is 16.9 Å². The highest BCUT2D eigenvalue weighted by Crippen LogP contribution is 2.34. The third-order valence-corrected chi connectivity index (χ3v) is 3.95. The van der Waals surface area contributed by atoms with Gasteiger partial charge in [-0.2, -0.15) is 0 Å². The van der Waals surface area contributed by atoms with Crippen LogP contribution >= 0.6 is 0 Å². The number of amides is 2. The van der Waals surface area contributed by atoms with Crippen LogP contribution in [0.4, 0.5) is 16.2 Å². The molecule has 0 unspecified atom stereocenters. The van der Waals surface area contributed by atoms with Gasteiger partial charge < -0.3 is 14.8 Å². The summed E-state index contributed by atoms with van der Waals surface area (Å²) in [4.78, 5) is 24.0. The lowest BCUT2D eigenvalue weighted by atomic mass is 9.92. The van der Waals surface area contributed by atoms with Crippen molar-refractivity contribution in [1.82, 2.24) is 0 Å². The van der Waals surface area contributed by atoms with Crippen LogP contribution in [0.5, 0.6) is 5.75 Å². The van der Waals surface area contributed by atoms with Crippen molar-refractivity contribution >= 4 is 23.4 Å². The van der Waals surface area contributed by atoms with E-state index < -0.39 is 6.09 Å². The lowest BCUT2D eigenvalue weighted by Crippen LogP contribution is -2.26. The molecule has 0 fully saturated rings. The molecule has 1 aliphatic rings.